The number of aromatic nitrogens is 5. The van der Waals surface area contributed by atoms with Gasteiger partial charge in [0.25, 0.3) is 0 Å². The third kappa shape index (κ3) is 6.29. The van der Waals surface area contributed by atoms with Crippen LogP contribution in [0.1, 0.15) is 58.3 Å². The van der Waals surface area contributed by atoms with Gasteiger partial charge < -0.3 is 19.3 Å². The Hall–Kier alpha value is -3.48. The van der Waals surface area contributed by atoms with Crippen molar-refractivity contribution >= 4 is 45.5 Å². The number of fused-ring (bicyclic) bond motifs is 2. The van der Waals surface area contributed by atoms with E-state index in [1.54, 1.807) is 6.33 Å². The van der Waals surface area contributed by atoms with Crippen LogP contribution in [0.3, 0.4) is 0 Å². The second-order valence-electron chi connectivity index (χ2n) is 10.7. The Morgan fingerprint density at radius 1 is 1.15 bits per heavy atom. The Morgan fingerprint density at radius 3 is 2.65 bits per heavy atom. The lowest BCUT2D eigenvalue weighted by Gasteiger charge is -2.28. The molecule has 2 fully saturated rings. The number of unbranched alkanes of at least 4 members (excludes halogenated alkanes) is 4. The molecule has 13 heteroatoms. The van der Waals surface area contributed by atoms with Crippen molar-refractivity contribution in [2.45, 2.75) is 71.1 Å². The number of esters is 1. The molecule has 1 unspecified atom stereocenters. The van der Waals surface area contributed by atoms with Crippen molar-refractivity contribution in [3.8, 4) is 6.01 Å². The zero-order valence-corrected chi connectivity index (χ0v) is 24.2. The van der Waals surface area contributed by atoms with Gasteiger partial charge in [0, 0.05) is 50.3 Å². The molecule has 3 atom stereocenters. The molecule has 0 spiro atoms. The van der Waals surface area contributed by atoms with Crippen LogP contribution in [0.4, 0.5) is 15.7 Å². The molecule has 1 aliphatic carbocycles. The molecule has 1 aliphatic heterocycles. The maximum absolute atomic E-state index is 12.8. The Morgan fingerprint density at radius 2 is 1.93 bits per heavy atom. The Bertz CT molecular complexity index is 1300. The molecule has 1 N–H and O–H groups in total. The summed E-state index contributed by atoms with van der Waals surface area (Å²) < 4.78 is 16.4. The normalized spacial score (nSPS) is 20.1. The van der Waals surface area contributed by atoms with Crippen molar-refractivity contribution in [1.82, 2.24) is 28.8 Å². The van der Waals surface area contributed by atoms with E-state index in [4.69, 9.17) is 9.47 Å². The van der Waals surface area contributed by atoms with E-state index in [1.807, 2.05) is 21.7 Å². The first-order valence-corrected chi connectivity index (χ1v) is 14.9. The number of methoxy groups -OCH3 is 1. The maximum atomic E-state index is 12.8. The summed E-state index contributed by atoms with van der Waals surface area (Å²) in [6.45, 7) is 3.76. The molecule has 3 aromatic rings. The smallest absolute Gasteiger partial charge is 0.329 e. The van der Waals surface area contributed by atoms with Crippen molar-refractivity contribution in [3.63, 3.8) is 0 Å². The van der Waals surface area contributed by atoms with Gasteiger partial charge >= 0.3 is 18.0 Å². The molecule has 216 valence electrons. The van der Waals surface area contributed by atoms with E-state index in [0.717, 1.165) is 73.6 Å². The molecule has 4 heterocycles. The van der Waals surface area contributed by atoms with E-state index in [9.17, 15) is 9.59 Å². The van der Waals surface area contributed by atoms with Gasteiger partial charge in [0.05, 0.1) is 12.5 Å². The number of hydrogen-bond donors (Lipinski definition) is 1. The van der Waals surface area contributed by atoms with Crippen molar-refractivity contribution in [2.24, 2.45) is 11.8 Å². The number of nitrogens with one attached hydrogen (secondary N) is 1. The zero-order chi connectivity index (χ0) is 28.1. The van der Waals surface area contributed by atoms with Gasteiger partial charge in [-0.05, 0) is 37.2 Å². The van der Waals surface area contributed by atoms with Crippen LogP contribution in [-0.2, 0) is 16.3 Å². The Labute approximate surface area is 238 Å². The topological polar surface area (TPSA) is 128 Å². The SMILES string of the molecule is CCCCCCCC(=O)OCn1ccc2c(N(C)C3C[C@@H]4CN(C(=O)Nc5nc(OC)ns5)C[C@@H]4C3)ncnc21. The molecule has 1 saturated heterocycles. The fraction of sp³-hybridized carbons (Fsp3) is 0.630. The van der Waals surface area contributed by atoms with Crippen molar-refractivity contribution < 1.29 is 19.1 Å². The van der Waals surface area contributed by atoms with Crippen LogP contribution in [0, 0.1) is 11.8 Å². The van der Waals surface area contributed by atoms with Crippen LogP contribution >= 0.6 is 11.5 Å². The summed E-state index contributed by atoms with van der Waals surface area (Å²) in [4.78, 5) is 42.3. The first kappa shape index (κ1) is 28.1. The minimum Gasteiger partial charge on any atom is -0.466 e. The highest BCUT2D eigenvalue weighted by Crippen LogP contribution is 2.41. The Balaban J connectivity index is 1.14. The quantitative estimate of drug-likeness (QED) is 0.247. The lowest BCUT2D eigenvalue weighted by atomic mass is 10.0. The predicted molar refractivity (Wildman–Crippen MR) is 152 cm³/mol. The van der Waals surface area contributed by atoms with Gasteiger partial charge in [-0.2, -0.15) is 4.98 Å². The molecule has 3 aromatic heterocycles. The second kappa shape index (κ2) is 12.8. The molecule has 5 rings (SSSR count). The average molecular weight is 571 g/mol. The molecule has 1 saturated carbocycles. The lowest BCUT2D eigenvalue weighted by Crippen LogP contribution is -2.36. The van der Waals surface area contributed by atoms with Crippen LogP contribution in [0.5, 0.6) is 6.01 Å². The standard InChI is InChI=1S/C27H38N8O4S/c1-4-5-6-7-8-9-22(36)39-17-34-11-10-21-23(28-16-29-24(21)34)33(2)20-12-18-14-35(15-19(18)13-20)27(37)31-26-30-25(38-3)32-40-26/h10-11,16,18-20H,4-9,12-15,17H2,1-3H3,(H,30,31,32,37)/t18-,19+,20?. The van der Waals surface area contributed by atoms with Crippen LogP contribution in [-0.4, -0.2) is 74.1 Å². The molecule has 2 amide bonds. The zero-order valence-electron chi connectivity index (χ0n) is 23.4. The first-order valence-electron chi connectivity index (χ1n) is 14.1. The third-order valence-corrected chi connectivity index (χ3v) is 8.70. The fourth-order valence-electron chi connectivity index (χ4n) is 5.90. The number of carbonyl (C=O) groups is 2. The number of ether oxygens (including phenoxy) is 2. The van der Waals surface area contributed by atoms with Crippen LogP contribution in [0.25, 0.3) is 11.0 Å². The summed E-state index contributed by atoms with van der Waals surface area (Å²) in [6.07, 6.45) is 11.4. The number of nitrogens with zero attached hydrogens (tertiary/aromatic N) is 7. The van der Waals surface area contributed by atoms with Crippen LogP contribution in [0.2, 0.25) is 0 Å². The van der Waals surface area contributed by atoms with Crippen molar-refractivity contribution in [2.75, 3.05) is 37.5 Å². The highest BCUT2D eigenvalue weighted by atomic mass is 32.1. The predicted octanol–water partition coefficient (Wildman–Crippen LogP) is 4.53. The summed E-state index contributed by atoms with van der Waals surface area (Å²) in [6, 6.07) is 2.42. The summed E-state index contributed by atoms with van der Waals surface area (Å²) in [5, 5.41) is 4.21. The van der Waals surface area contributed by atoms with E-state index in [-0.39, 0.29) is 24.7 Å². The van der Waals surface area contributed by atoms with E-state index in [1.165, 1.54) is 20.0 Å². The number of amides is 2. The van der Waals surface area contributed by atoms with Gasteiger partial charge in [-0.15, -0.1) is 4.37 Å². The number of carbonyl (C=O) groups excluding carboxylic acids is 2. The minimum absolute atomic E-state index is 0.144. The molecule has 0 radical (unpaired) electrons. The van der Waals surface area contributed by atoms with Gasteiger partial charge in [-0.25, -0.2) is 14.8 Å². The highest BCUT2D eigenvalue weighted by Gasteiger charge is 2.44. The van der Waals surface area contributed by atoms with Gasteiger partial charge in [0.1, 0.15) is 17.8 Å². The van der Waals surface area contributed by atoms with Crippen LogP contribution in [0.15, 0.2) is 18.6 Å². The van der Waals surface area contributed by atoms with Crippen LogP contribution < -0.4 is 15.0 Å². The molecule has 12 nitrogen and oxygen atoms in total. The van der Waals surface area contributed by atoms with Gasteiger partial charge in [-0.1, -0.05) is 32.6 Å². The summed E-state index contributed by atoms with van der Waals surface area (Å²) in [5.74, 6) is 1.57. The van der Waals surface area contributed by atoms with Gasteiger partial charge in [0.2, 0.25) is 5.13 Å². The van der Waals surface area contributed by atoms with Gasteiger partial charge in [-0.3, -0.25) is 14.7 Å². The van der Waals surface area contributed by atoms with E-state index < -0.39 is 0 Å². The van der Waals surface area contributed by atoms with Crippen molar-refractivity contribution in [3.05, 3.63) is 18.6 Å². The largest absolute Gasteiger partial charge is 0.466 e. The lowest BCUT2D eigenvalue weighted by molar-refractivity contribution is -0.147. The first-order chi connectivity index (χ1) is 19.5. The molecular weight excluding hydrogens is 532 g/mol. The number of urea groups is 1. The van der Waals surface area contributed by atoms with E-state index >= 15 is 0 Å². The number of anilines is 2. The molecular formula is C27H38N8O4S. The average Bonchev–Trinajstić information content (AvgIpc) is 3.74. The second-order valence-corrected chi connectivity index (χ2v) is 11.5. The summed E-state index contributed by atoms with van der Waals surface area (Å²) in [7, 11) is 3.58. The summed E-state index contributed by atoms with van der Waals surface area (Å²) >= 11 is 1.11. The minimum atomic E-state index is -0.173. The number of rotatable bonds is 12. The number of likely N-dealkylation sites (tertiary alicyclic amines) is 1. The fourth-order valence-corrected chi connectivity index (χ4v) is 6.43. The van der Waals surface area contributed by atoms with E-state index in [0.29, 0.717) is 29.4 Å². The molecule has 0 aromatic carbocycles. The van der Waals surface area contributed by atoms with E-state index in [2.05, 4.69) is 43.5 Å². The molecule has 40 heavy (non-hydrogen) atoms. The molecule has 0 bridgehead atoms. The number of hydrogen-bond acceptors (Lipinski definition) is 10. The maximum Gasteiger partial charge on any atom is 0.329 e. The molecule has 2 aliphatic rings. The Kier molecular flexibility index (Phi) is 8.98. The highest BCUT2D eigenvalue weighted by molar-refractivity contribution is 7.10. The van der Waals surface area contributed by atoms with Gasteiger partial charge in [0.15, 0.2) is 6.73 Å². The monoisotopic (exact) mass is 570 g/mol. The third-order valence-electron chi connectivity index (χ3n) is 8.08. The van der Waals surface area contributed by atoms with Crippen molar-refractivity contribution in [1.29, 1.82) is 0 Å². The summed E-state index contributed by atoms with van der Waals surface area (Å²) in [5.41, 5.74) is 0.752.